The van der Waals surface area contributed by atoms with E-state index in [1.54, 1.807) is 18.5 Å². The third-order valence-corrected chi connectivity index (χ3v) is 4.28. The maximum Gasteiger partial charge on any atom is 0.282 e. The number of carbonyl (C=O) groups excluding carboxylic acids is 1. The van der Waals surface area contributed by atoms with Gasteiger partial charge in [-0.05, 0) is 30.5 Å². The Balaban J connectivity index is 1.53. The molecule has 0 saturated carbocycles. The Kier molecular flexibility index (Phi) is 4.26. The lowest BCUT2D eigenvalue weighted by atomic mass is 10.1. The van der Waals surface area contributed by atoms with Crippen molar-refractivity contribution in [3.05, 3.63) is 27.9 Å². The lowest BCUT2D eigenvalue weighted by molar-refractivity contribution is 0.0930. The number of piperidine rings is 1. The molecule has 0 bridgehead atoms. The van der Waals surface area contributed by atoms with Crippen molar-refractivity contribution in [2.75, 3.05) is 18.0 Å². The van der Waals surface area contributed by atoms with Crippen molar-refractivity contribution in [3.63, 3.8) is 0 Å². The van der Waals surface area contributed by atoms with E-state index in [4.69, 9.17) is 11.6 Å². The molecule has 9 heteroatoms. The van der Waals surface area contributed by atoms with Crippen molar-refractivity contribution in [3.8, 4) is 0 Å². The third kappa shape index (κ3) is 3.45. The smallest absolute Gasteiger partial charge is 0.282 e. The topological polar surface area (TPSA) is 83.9 Å². The van der Waals surface area contributed by atoms with Crippen molar-refractivity contribution < 1.29 is 4.79 Å². The molecule has 3 rings (SSSR count). The number of hydrogen-bond donors (Lipinski definition) is 1. The van der Waals surface area contributed by atoms with Crippen LogP contribution in [0.2, 0.25) is 4.47 Å². The zero-order valence-electron chi connectivity index (χ0n) is 11.1. The first-order chi connectivity index (χ1) is 10.2. The first-order valence-corrected chi connectivity index (χ1v) is 7.73. The summed E-state index contributed by atoms with van der Waals surface area (Å²) in [5, 5.41) is 10.6. The monoisotopic (exact) mass is 324 g/mol. The molecule has 0 radical (unpaired) electrons. The van der Waals surface area contributed by atoms with Gasteiger partial charge in [-0.1, -0.05) is 11.3 Å². The van der Waals surface area contributed by atoms with Gasteiger partial charge in [-0.2, -0.15) is 0 Å². The summed E-state index contributed by atoms with van der Waals surface area (Å²) in [6.45, 7) is 1.62. The van der Waals surface area contributed by atoms with Gasteiger partial charge in [-0.25, -0.2) is 9.97 Å². The fraction of sp³-hybridized carbons (Fsp3) is 0.417. The summed E-state index contributed by atoms with van der Waals surface area (Å²) in [5.74, 6) is 0.520. The van der Waals surface area contributed by atoms with Crippen LogP contribution in [0.5, 0.6) is 0 Å². The SMILES string of the molecule is O=C(NC1CCN(c2ncccn2)CC1)c1nnc(Cl)s1. The Morgan fingerprint density at radius 2 is 2.00 bits per heavy atom. The number of nitrogens with zero attached hydrogens (tertiary/aromatic N) is 5. The zero-order chi connectivity index (χ0) is 14.7. The standard InChI is InChI=1S/C12H13ClN6OS/c13-11-18-17-10(21-11)9(20)16-8-2-6-19(7-3-8)12-14-4-1-5-15-12/h1,4-5,8H,2-3,6-7H2,(H,16,20). The van der Waals surface area contributed by atoms with Crippen LogP contribution in [0.15, 0.2) is 18.5 Å². The van der Waals surface area contributed by atoms with Gasteiger partial charge in [0, 0.05) is 31.5 Å². The van der Waals surface area contributed by atoms with Crippen LogP contribution in [0.25, 0.3) is 0 Å². The highest BCUT2D eigenvalue weighted by atomic mass is 35.5. The van der Waals surface area contributed by atoms with Gasteiger partial charge in [0.15, 0.2) is 0 Å². The van der Waals surface area contributed by atoms with Crippen LogP contribution in [0.4, 0.5) is 5.95 Å². The van der Waals surface area contributed by atoms with E-state index < -0.39 is 0 Å². The molecule has 0 unspecified atom stereocenters. The highest BCUT2D eigenvalue weighted by molar-refractivity contribution is 7.17. The van der Waals surface area contributed by atoms with Crippen LogP contribution in [0, 0.1) is 0 Å². The molecule has 1 fully saturated rings. The minimum atomic E-state index is -0.214. The van der Waals surface area contributed by atoms with E-state index in [0.29, 0.717) is 5.01 Å². The van der Waals surface area contributed by atoms with E-state index in [9.17, 15) is 4.79 Å². The second kappa shape index (κ2) is 6.31. The summed E-state index contributed by atoms with van der Waals surface area (Å²) in [7, 11) is 0. The molecule has 1 N–H and O–H groups in total. The average molecular weight is 325 g/mol. The van der Waals surface area contributed by atoms with Crippen molar-refractivity contribution in [2.24, 2.45) is 0 Å². The number of anilines is 1. The van der Waals surface area contributed by atoms with E-state index in [2.05, 4.69) is 30.4 Å². The Labute approximate surface area is 130 Å². The minimum absolute atomic E-state index is 0.125. The summed E-state index contributed by atoms with van der Waals surface area (Å²) in [5.41, 5.74) is 0. The maximum atomic E-state index is 12.0. The van der Waals surface area contributed by atoms with Gasteiger partial charge in [0.25, 0.3) is 5.91 Å². The second-order valence-corrected chi connectivity index (χ2v) is 6.20. The normalized spacial score (nSPS) is 16.0. The molecule has 0 spiro atoms. The third-order valence-electron chi connectivity index (χ3n) is 3.26. The Morgan fingerprint density at radius 3 is 2.62 bits per heavy atom. The van der Waals surface area contributed by atoms with Crippen LogP contribution in [0.3, 0.4) is 0 Å². The Hall–Kier alpha value is -1.80. The molecule has 0 atom stereocenters. The molecule has 21 heavy (non-hydrogen) atoms. The molecule has 3 heterocycles. The first-order valence-electron chi connectivity index (χ1n) is 6.54. The van der Waals surface area contributed by atoms with E-state index in [1.165, 1.54) is 0 Å². The minimum Gasteiger partial charge on any atom is -0.347 e. The van der Waals surface area contributed by atoms with E-state index in [1.807, 2.05) is 0 Å². The van der Waals surface area contributed by atoms with Crippen LogP contribution in [-0.2, 0) is 0 Å². The lowest BCUT2D eigenvalue weighted by Gasteiger charge is -2.32. The summed E-state index contributed by atoms with van der Waals surface area (Å²) in [6.07, 6.45) is 5.15. The molecule has 2 aromatic rings. The molecule has 1 aliphatic rings. The van der Waals surface area contributed by atoms with Gasteiger partial charge in [0.2, 0.25) is 15.4 Å². The fourth-order valence-electron chi connectivity index (χ4n) is 2.22. The maximum absolute atomic E-state index is 12.0. The number of nitrogens with one attached hydrogen (secondary N) is 1. The van der Waals surface area contributed by atoms with Crippen molar-refractivity contribution in [2.45, 2.75) is 18.9 Å². The fourth-order valence-corrected chi connectivity index (χ4v) is 2.95. The van der Waals surface area contributed by atoms with Gasteiger partial charge in [-0.3, -0.25) is 4.79 Å². The van der Waals surface area contributed by atoms with Crippen LogP contribution in [-0.4, -0.2) is 45.2 Å². The molecule has 0 aromatic carbocycles. The van der Waals surface area contributed by atoms with E-state index in [-0.39, 0.29) is 16.4 Å². The molecule has 0 aliphatic carbocycles. The van der Waals surface area contributed by atoms with Crippen molar-refractivity contribution >= 4 is 34.8 Å². The van der Waals surface area contributed by atoms with Gasteiger partial charge in [0.1, 0.15) is 0 Å². The van der Waals surface area contributed by atoms with Gasteiger partial charge >= 0.3 is 0 Å². The molecule has 1 aliphatic heterocycles. The first kappa shape index (κ1) is 14.2. The van der Waals surface area contributed by atoms with Crippen LogP contribution < -0.4 is 10.2 Å². The lowest BCUT2D eigenvalue weighted by Crippen LogP contribution is -2.45. The average Bonchev–Trinajstić information content (AvgIpc) is 2.96. The Morgan fingerprint density at radius 1 is 1.29 bits per heavy atom. The molecule has 1 amide bonds. The number of hydrogen-bond acceptors (Lipinski definition) is 7. The number of halogens is 1. The summed E-state index contributed by atoms with van der Waals surface area (Å²) in [6, 6.07) is 1.92. The summed E-state index contributed by atoms with van der Waals surface area (Å²) in [4.78, 5) is 22.6. The molecule has 2 aromatic heterocycles. The van der Waals surface area contributed by atoms with E-state index >= 15 is 0 Å². The van der Waals surface area contributed by atoms with E-state index in [0.717, 1.165) is 43.2 Å². The number of carbonyl (C=O) groups is 1. The van der Waals surface area contributed by atoms with Gasteiger partial charge in [0.05, 0.1) is 0 Å². The quantitative estimate of drug-likeness (QED) is 0.918. The summed E-state index contributed by atoms with van der Waals surface area (Å²) >= 11 is 6.76. The highest BCUT2D eigenvalue weighted by Gasteiger charge is 2.23. The molecular formula is C12H13ClN6OS. The number of rotatable bonds is 3. The van der Waals surface area contributed by atoms with Crippen LogP contribution >= 0.6 is 22.9 Å². The second-order valence-electron chi connectivity index (χ2n) is 4.64. The number of aromatic nitrogens is 4. The predicted molar refractivity (Wildman–Crippen MR) is 79.7 cm³/mol. The van der Waals surface area contributed by atoms with Gasteiger partial charge in [-0.15, -0.1) is 10.2 Å². The molecule has 110 valence electrons. The predicted octanol–water partition coefficient (Wildman–Crippen LogP) is 1.38. The van der Waals surface area contributed by atoms with Gasteiger partial charge < -0.3 is 10.2 Å². The number of amides is 1. The molecule has 1 saturated heterocycles. The molecule has 7 nitrogen and oxygen atoms in total. The Bertz CT molecular complexity index is 613. The van der Waals surface area contributed by atoms with Crippen LogP contribution in [0.1, 0.15) is 22.6 Å². The zero-order valence-corrected chi connectivity index (χ0v) is 12.6. The molecular weight excluding hydrogens is 312 g/mol. The largest absolute Gasteiger partial charge is 0.347 e. The summed E-state index contributed by atoms with van der Waals surface area (Å²) < 4.78 is 0.274. The van der Waals surface area contributed by atoms with Crippen molar-refractivity contribution in [1.29, 1.82) is 0 Å². The van der Waals surface area contributed by atoms with Crippen molar-refractivity contribution in [1.82, 2.24) is 25.5 Å². The highest BCUT2D eigenvalue weighted by Crippen LogP contribution is 2.17.